The molecule has 0 spiro atoms. The summed E-state index contributed by atoms with van der Waals surface area (Å²) in [6, 6.07) is 14.1. The lowest BCUT2D eigenvalue weighted by molar-refractivity contribution is 0.270. The lowest BCUT2D eigenvalue weighted by atomic mass is 10.0. The number of benzene rings is 1. The second kappa shape index (κ2) is 8.86. The Morgan fingerprint density at radius 3 is 2.68 bits per heavy atom. The van der Waals surface area contributed by atoms with Crippen LogP contribution in [0.15, 0.2) is 30.3 Å². The summed E-state index contributed by atoms with van der Waals surface area (Å²) in [4.78, 5) is 7.15. The van der Waals surface area contributed by atoms with E-state index in [0.29, 0.717) is 0 Å². The van der Waals surface area contributed by atoms with Gasteiger partial charge in [-0.05, 0) is 37.5 Å². The van der Waals surface area contributed by atoms with Gasteiger partial charge >= 0.3 is 0 Å². The Morgan fingerprint density at radius 2 is 1.97 bits per heavy atom. The number of nitriles is 2. The van der Waals surface area contributed by atoms with Gasteiger partial charge in [-0.3, -0.25) is 0 Å². The van der Waals surface area contributed by atoms with Gasteiger partial charge in [0.05, 0.1) is 24.2 Å². The van der Waals surface area contributed by atoms with Crippen molar-refractivity contribution in [3.05, 3.63) is 47.2 Å². The number of aromatic nitrogens is 3. The summed E-state index contributed by atoms with van der Waals surface area (Å²) in [6.45, 7) is 1.80. The molecule has 8 nitrogen and oxygen atoms in total. The van der Waals surface area contributed by atoms with Crippen molar-refractivity contribution in [3.8, 4) is 12.1 Å². The number of aliphatic hydroxyl groups is 1. The molecule has 0 unspecified atom stereocenters. The fourth-order valence-corrected chi connectivity index (χ4v) is 3.94. The number of anilines is 2. The Hall–Kier alpha value is -3.88. The number of hydrogen-bond donors (Lipinski definition) is 2. The second-order valence-electron chi connectivity index (χ2n) is 7.48. The fraction of sp³-hybridized carbons (Fsp3) is 0.304. The molecule has 1 aliphatic rings. The molecular formula is C23H23N7O. The Bertz CT molecular complexity index is 1220. The highest BCUT2D eigenvalue weighted by Gasteiger charge is 2.21. The van der Waals surface area contributed by atoms with Crippen LogP contribution in [0.5, 0.6) is 0 Å². The van der Waals surface area contributed by atoms with Gasteiger partial charge in [-0.1, -0.05) is 18.2 Å². The highest BCUT2D eigenvalue weighted by molar-refractivity contribution is 5.95. The molecule has 0 bridgehead atoms. The topological polar surface area (TPSA) is 128 Å². The molecule has 1 aromatic carbocycles. The zero-order valence-electron chi connectivity index (χ0n) is 17.1. The molecule has 0 aliphatic carbocycles. The van der Waals surface area contributed by atoms with Crippen LogP contribution in [0.1, 0.15) is 36.1 Å². The summed E-state index contributed by atoms with van der Waals surface area (Å²) in [5.41, 5.74) is 8.30. The van der Waals surface area contributed by atoms with Crippen molar-refractivity contribution in [1.82, 2.24) is 14.8 Å². The monoisotopic (exact) mass is 413 g/mol. The van der Waals surface area contributed by atoms with Crippen LogP contribution in [0.4, 0.5) is 11.6 Å². The number of aliphatic hydroxyl groups excluding tert-OH is 1. The van der Waals surface area contributed by atoms with Crippen molar-refractivity contribution in [2.45, 2.75) is 25.8 Å². The van der Waals surface area contributed by atoms with E-state index in [1.165, 1.54) is 11.1 Å². The third-order valence-corrected chi connectivity index (χ3v) is 5.48. The Kier molecular flexibility index (Phi) is 5.83. The molecule has 156 valence electrons. The first-order chi connectivity index (χ1) is 15.2. The van der Waals surface area contributed by atoms with E-state index >= 15 is 0 Å². The van der Waals surface area contributed by atoms with Gasteiger partial charge in [-0.2, -0.15) is 15.6 Å². The van der Waals surface area contributed by atoms with Crippen LogP contribution in [0.25, 0.3) is 22.6 Å². The van der Waals surface area contributed by atoms with Crippen molar-refractivity contribution in [3.63, 3.8) is 0 Å². The van der Waals surface area contributed by atoms with Crippen LogP contribution in [-0.2, 0) is 6.54 Å². The molecule has 3 heterocycles. The number of nitrogens with two attached hydrogens (primary N) is 1. The first-order valence-electron chi connectivity index (χ1n) is 10.3. The Balaban J connectivity index is 1.88. The van der Waals surface area contributed by atoms with Gasteiger partial charge in [0.15, 0.2) is 0 Å². The minimum Gasteiger partial charge on any atom is -0.394 e. The first-order valence-corrected chi connectivity index (χ1v) is 10.3. The maximum absolute atomic E-state index is 9.90. The average Bonchev–Trinajstić information content (AvgIpc) is 3.12. The molecule has 8 heteroatoms. The van der Waals surface area contributed by atoms with Gasteiger partial charge in [0.25, 0.3) is 0 Å². The molecule has 2 aromatic heterocycles. The van der Waals surface area contributed by atoms with Crippen molar-refractivity contribution in [2.75, 3.05) is 30.3 Å². The summed E-state index contributed by atoms with van der Waals surface area (Å²) in [6.07, 6.45) is 5.13. The summed E-state index contributed by atoms with van der Waals surface area (Å²) in [5.74, 6) is 0.966. The number of nitrogens with zero attached hydrogens (tertiary/aromatic N) is 6. The molecule has 0 saturated carbocycles. The van der Waals surface area contributed by atoms with Gasteiger partial charge in [0.1, 0.15) is 35.0 Å². The average molecular weight is 413 g/mol. The zero-order valence-corrected chi connectivity index (χ0v) is 17.1. The highest BCUT2D eigenvalue weighted by atomic mass is 16.3. The van der Waals surface area contributed by atoms with E-state index in [-0.39, 0.29) is 35.8 Å². The molecule has 0 amide bonds. The number of allylic oxidation sites excluding steroid dienone is 1. The Morgan fingerprint density at radius 1 is 1.19 bits per heavy atom. The SMILES string of the molecule is N#CC(=Cc1cc2ccccc2nc1N1CCCCC1)c1nn(CCO)c(N)c1C#N. The molecule has 0 radical (unpaired) electrons. The molecule has 1 saturated heterocycles. The van der Waals surface area contributed by atoms with Gasteiger partial charge in [0, 0.05) is 24.0 Å². The standard InChI is InChI=1S/C23H23N7O/c24-14-18(21-19(15-25)22(26)30(28-21)10-11-31)13-17-12-16-6-2-3-7-20(16)27-23(17)29-8-4-1-5-9-29/h2-3,6-7,12-13,31H,1,4-5,8-11,26H2. The highest BCUT2D eigenvalue weighted by Crippen LogP contribution is 2.31. The van der Waals surface area contributed by atoms with Crippen molar-refractivity contribution < 1.29 is 5.11 Å². The predicted octanol–water partition coefficient (Wildman–Crippen LogP) is 2.93. The van der Waals surface area contributed by atoms with E-state index in [4.69, 9.17) is 10.7 Å². The lowest BCUT2D eigenvalue weighted by Gasteiger charge is -2.29. The van der Waals surface area contributed by atoms with Crippen molar-refractivity contribution >= 4 is 34.2 Å². The smallest absolute Gasteiger partial charge is 0.140 e. The van der Waals surface area contributed by atoms with Gasteiger partial charge in [-0.15, -0.1) is 0 Å². The molecule has 0 atom stereocenters. The predicted molar refractivity (Wildman–Crippen MR) is 120 cm³/mol. The van der Waals surface area contributed by atoms with E-state index in [1.54, 1.807) is 6.08 Å². The van der Waals surface area contributed by atoms with Crippen LogP contribution < -0.4 is 10.6 Å². The maximum atomic E-state index is 9.90. The number of para-hydroxylation sites is 1. The van der Waals surface area contributed by atoms with Gasteiger partial charge < -0.3 is 15.7 Å². The Labute approximate surface area is 180 Å². The van der Waals surface area contributed by atoms with E-state index < -0.39 is 0 Å². The van der Waals surface area contributed by atoms with E-state index in [9.17, 15) is 15.6 Å². The normalized spacial score (nSPS) is 14.4. The van der Waals surface area contributed by atoms with Crippen LogP contribution in [0.3, 0.4) is 0 Å². The quantitative estimate of drug-likeness (QED) is 0.615. The first kappa shape index (κ1) is 20.4. The van der Waals surface area contributed by atoms with Crippen molar-refractivity contribution in [2.24, 2.45) is 0 Å². The molecule has 3 N–H and O–H groups in total. The molecule has 31 heavy (non-hydrogen) atoms. The van der Waals surface area contributed by atoms with Crippen LogP contribution in [0, 0.1) is 22.7 Å². The molecule has 1 aliphatic heterocycles. The van der Waals surface area contributed by atoms with Gasteiger partial charge in [0.2, 0.25) is 0 Å². The maximum Gasteiger partial charge on any atom is 0.140 e. The van der Waals surface area contributed by atoms with E-state index in [2.05, 4.69) is 16.1 Å². The molecule has 3 aromatic rings. The minimum absolute atomic E-state index is 0.134. The van der Waals surface area contributed by atoms with Gasteiger partial charge in [-0.25, -0.2) is 9.67 Å². The summed E-state index contributed by atoms with van der Waals surface area (Å²) in [7, 11) is 0. The third-order valence-electron chi connectivity index (χ3n) is 5.48. The largest absolute Gasteiger partial charge is 0.394 e. The third kappa shape index (κ3) is 3.94. The lowest BCUT2D eigenvalue weighted by Crippen LogP contribution is -2.30. The van der Waals surface area contributed by atoms with Crippen LogP contribution in [-0.4, -0.2) is 39.6 Å². The van der Waals surface area contributed by atoms with E-state index in [1.807, 2.05) is 36.4 Å². The molecular weight excluding hydrogens is 390 g/mol. The number of nitrogen functional groups attached to an aromatic ring is 1. The number of fused-ring (bicyclic) bond motifs is 1. The summed E-state index contributed by atoms with van der Waals surface area (Å²) in [5, 5.41) is 34.0. The fourth-order valence-electron chi connectivity index (χ4n) is 3.94. The van der Waals surface area contributed by atoms with Crippen molar-refractivity contribution in [1.29, 1.82) is 10.5 Å². The number of piperidine rings is 1. The molecule has 1 fully saturated rings. The summed E-state index contributed by atoms with van der Waals surface area (Å²) < 4.78 is 1.35. The molecule has 4 rings (SSSR count). The number of pyridine rings is 1. The number of hydrogen-bond acceptors (Lipinski definition) is 7. The van der Waals surface area contributed by atoms with Crippen LogP contribution in [0.2, 0.25) is 0 Å². The van der Waals surface area contributed by atoms with E-state index in [0.717, 1.165) is 48.2 Å². The van der Waals surface area contributed by atoms with Crippen LogP contribution >= 0.6 is 0 Å². The zero-order chi connectivity index (χ0) is 21.8. The number of rotatable bonds is 5. The minimum atomic E-state index is -0.171. The summed E-state index contributed by atoms with van der Waals surface area (Å²) >= 11 is 0. The second-order valence-corrected chi connectivity index (χ2v) is 7.48.